The minimum Gasteiger partial charge on any atom is -0.383 e. The topological polar surface area (TPSA) is 49.3 Å². The molecular weight excluding hydrogens is 258 g/mol. The summed E-state index contributed by atoms with van der Waals surface area (Å²) in [6, 6.07) is 9.56. The molecule has 0 radical (unpaired) electrons. The molecule has 2 atom stereocenters. The Bertz CT molecular complexity index is 607. The highest BCUT2D eigenvalue weighted by Gasteiger charge is 2.29. The maximum Gasteiger partial charge on any atom is 0.231 e. The number of nitrogens with one attached hydrogen (secondary N) is 1. The summed E-state index contributed by atoms with van der Waals surface area (Å²) in [5.74, 6) is -0.0363. The SMILES string of the molecule is CCC1C(=O)Nc2ccc(C(O)c3cccs3)cc21. The predicted octanol–water partition coefficient (Wildman–Crippen LogP) is 3.28. The van der Waals surface area contributed by atoms with Crippen LogP contribution in [0, 0.1) is 0 Å². The molecule has 98 valence electrons. The van der Waals surface area contributed by atoms with E-state index < -0.39 is 6.10 Å². The van der Waals surface area contributed by atoms with Gasteiger partial charge in [0.05, 0.1) is 5.92 Å². The van der Waals surface area contributed by atoms with Crippen LogP contribution in [0.2, 0.25) is 0 Å². The van der Waals surface area contributed by atoms with Gasteiger partial charge >= 0.3 is 0 Å². The molecule has 2 aromatic rings. The van der Waals surface area contributed by atoms with E-state index in [1.807, 2.05) is 42.6 Å². The monoisotopic (exact) mass is 273 g/mol. The second-order valence-electron chi connectivity index (χ2n) is 4.71. The number of anilines is 1. The summed E-state index contributed by atoms with van der Waals surface area (Å²) in [6.07, 6.45) is 0.163. The fourth-order valence-electron chi connectivity index (χ4n) is 2.53. The van der Waals surface area contributed by atoms with Crippen molar-refractivity contribution in [2.75, 3.05) is 5.32 Å². The molecule has 1 amide bonds. The summed E-state index contributed by atoms with van der Waals surface area (Å²) in [5.41, 5.74) is 2.72. The maximum absolute atomic E-state index is 11.8. The Balaban J connectivity index is 1.98. The molecule has 4 heteroatoms. The average Bonchev–Trinajstić information content (AvgIpc) is 3.03. The highest BCUT2D eigenvalue weighted by Crippen LogP contribution is 2.37. The second-order valence-corrected chi connectivity index (χ2v) is 5.69. The van der Waals surface area contributed by atoms with Crippen LogP contribution >= 0.6 is 11.3 Å². The number of hydrogen-bond acceptors (Lipinski definition) is 3. The van der Waals surface area contributed by atoms with E-state index in [0.29, 0.717) is 0 Å². The quantitative estimate of drug-likeness (QED) is 0.901. The number of hydrogen-bond donors (Lipinski definition) is 2. The van der Waals surface area contributed by atoms with Crippen molar-refractivity contribution in [2.45, 2.75) is 25.4 Å². The van der Waals surface area contributed by atoms with Gasteiger partial charge < -0.3 is 10.4 Å². The van der Waals surface area contributed by atoms with Crippen molar-refractivity contribution in [1.29, 1.82) is 0 Å². The Morgan fingerprint density at radius 3 is 2.95 bits per heavy atom. The molecule has 0 fully saturated rings. The normalized spacial score (nSPS) is 19.1. The van der Waals surface area contributed by atoms with Crippen LogP contribution < -0.4 is 5.32 Å². The van der Waals surface area contributed by atoms with Gasteiger partial charge in [0.15, 0.2) is 0 Å². The third-order valence-corrected chi connectivity index (χ3v) is 4.49. The molecule has 0 saturated heterocycles. The number of aliphatic hydroxyl groups excluding tert-OH is 1. The first kappa shape index (κ1) is 12.4. The van der Waals surface area contributed by atoms with E-state index in [-0.39, 0.29) is 11.8 Å². The predicted molar refractivity (Wildman–Crippen MR) is 76.5 cm³/mol. The van der Waals surface area contributed by atoms with E-state index in [9.17, 15) is 9.90 Å². The van der Waals surface area contributed by atoms with Gasteiger partial charge in [0.2, 0.25) is 5.91 Å². The van der Waals surface area contributed by atoms with Crippen LogP contribution in [-0.2, 0) is 4.79 Å². The molecule has 0 spiro atoms. The van der Waals surface area contributed by atoms with E-state index in [1.54, 1.807) is 0 Å². The molecule has 0 aliphatic carbocycles. The van der Waals surface area contributed by atoms with Crippen molar-refractivity contribution in [3.63, 3.8) is 0 Å². The lowest BCUT2D eigenvalue weighted by molar-refractivity contribution is -0.117. The Hall–Kier alpha value is -1.65. The van der Waals surface area contributed by atoms with Gasteiger partial charge in [0.1, 0.15) is 6.10 Å². The smallest absolute Gasteiger partial charge is 0.231 e. The number of rotatable bonds is 3. The Kier molecular flexibility index (Phi) is 3.12. The van der Waals surface area contributed by atoms with Crippen LogP contribution in [0.25, 0.3) is 0 Å². The van der Waals surface area contributed by atoms with Crippen molar-refractivity contribution in [3.8, 4) is 0 Å². The van der Waals surface area contributed by atoms with Crippen LogP contribution in [0.3, 0.4) is 0 Å². The first-order valence-corrected chi connectivity index (χ1v) is 7.25. The number of benzene rings is 1. The summed E-state index contributed by atoms with van der Waals surface area (Å²) in [6.45, 7) is 2.00. The van der Waals surface area contributed by atoms with Crippen LogP contribution in [0.5, 0.6) is 0 Å². The van der Waals surface area contributed by atoms with Crippen LogP contribution in [0.4, 0.5) is 5.69 Å². The third kappa shape index (κ3) is 2.07. The van der Waals surface area contributed by atoms with Gasteiger partial charge in [-0.2, -0.15) is 0 Å². The van der Waals surface area contributed by atoms with Gasteiger partial charge in [-0.15, -0.1) is 11.3 Å². The Labute approximate surface area is 115 Å². The second kappa shape index (κ2) is 4.79. The molecule has 1 aliphatic heterocycles. The largest absolute Gasteiger partial charge is 0.383 e. The molecule has 1 aromatic heterocycles. The molecule has 3 rings (SSSR count). The number of amides is 1. The van der Waals surface area contributed by atoms with Gasteiger partial charge in [-0.05, 0) is 41.1 Å². The summed E-state index contributed by atoms with van der Waals surface area (Å²) in [5, 5.41) is 15.2. The summed E-state index contributed by atoms with van der Waals surface area (Å²) >= 11 is 1.53. The number of aliphatic hydroxyl groups is 1. The molecule has 0 saturated carbocycles. The summed E-state index contributed by atoms with van der Waals surface area (Å²) in [7, 11) is 0. The molecule has 0 bridgehead atoms. The highest BCUT2D eigenvalue weighted by atomic mass is 32.1. The molecule has 2 N–H and O–H groups in total. The van der Waals surface area contributed by atoms with E-state index >= 15 is 0 Å². The van der Waals surface area contributed by atoms with E-state index in [0.717, 1.165) is 28.1 Å². The fourth-order valence-corrected chi connectivity index (χ4v) is 3.27. The summed E-state index contributed by atoms with van der Waals surface area (Å²) in [4.78, 5) is 12.7. The molecule has 2 heterocycles. The van der Waals surface area contributed by atoms with E-state index in [1.165, 1.54) is 11.3 Å². The lowest BCUT2D eigenvalue weighted by Gasteiger charge is -2.12. The lowest BCUT2D eigenvalue weighted by Crippen LogP contribution is -2.10. The van der Waals surface area contributed by atoms with Gasteiger partial charge in [-0.3, -0.25) is 4.79 Å². The standard InChI is InChI=1S/C15H15NO2S/c1-2-10-11-8-9(5-6-12(11)16-15(10)18)14(17)13-4-3-7-19-13/h3-8,10,14,17H,2H2,1H3,(H,16,18). The van der Waals surface area contributed by atoms with Crippen LogP contribution in [0.1, 0.15) is 41.4 Å². The van der Waals surface area contributed by atoms with Crippen molar-refractivity contribution >= 4 is 22.9 Å². The molecule has 19 heavy (non-hydrogen) atoms. The van der Waals surface area contributed by atoms with Crippen molar-refractivity contribution < 1.29 is 9.90 Å². The number of fused-ring (bicyclic) bond motifs is 1. The minimum atomic E-state index is -0.612. The first-order chi connectivity index (χ1) is 9.20. The number of thiophene rings is 1. The zero-order chi connectivity index (χ0) is 13.4. The van der Waals surface area contributed by atoms with Crippen molar-refractivity contribution in [1.82, 2.24) is 0 Å². The molecule has 3 nitrogen and oxygen atoms in total. The molecule has 1 aromatic carbocycles. The summed E-state index contributed by atoms with van der Waals surface area (Å²) < 4.78 is 0. The Morgan fingerprint density at radius 2 is 2.26 bits per heavy atom. The zero-order valence-corrected chi connectivity index (χ0v) is 11.4. The van der Waals surface area contributed by atoms with Crippen molar-refractivity contribution in [3.05, 3.63) is 51.7 Å². The Morgan fingerprint density at radius 1 is 1.42 bits per heavy atom. The van der Waals surface area contributed by atoms with E-state index in [4.69, 9.17) is 0 Å². The fraction of sp³-hybridized carbons (Fsp3) is 0.267. The first-order valence-electron chi connectivity index (χ1n) is 6.37. The molecule has 2 unspecified atom stereocenters. The average molecular weight is 273 g/mol. The van der Waals surface area contributed by atoms with Gasteiger partial charge in [0, 0.05) is 10.6 Å². The molecule has 1 aliphatic rings. The lowest BCUT2D eigenvalue weighted by atomic mass is 9.95. The van der Waals surface area contributed by atoms with Gasteiger partial charge in [-0.1, -0.05) is 19.1 Å². The number of carbonyl (C=O) groups is 1. The third-order valence-electron chi connectivity index (χ3n) is 3.56. The maximum atomic E-state index is 11.8. The van der Waals surface area contributed by atoms with Crippen LogP contribution in [-0.4, -0.2) is 11.0 Å². The van der Waals surface area contributed by atoms with Gasteiger partial charge in [-0.25, -0.2) is 0 Å². The molecular formula is C15H15NO2S. The van der Waals surface area contributed by atoms with Crippen LogP contribution in [0.15, 0.2) is 35.7 Å². The van der Waals surface area contributed by atoms with Gasteiger partial charge in [0.25, 0.3) is 0 Å². The minimum absolute atomic E-state index is 0.0558. The zero-order valence-electron chi connectivity index (χ0n) is 10.6. The van der Waals surface area contributed by atoms with E-state index in [2.05, 4.69) is 5.32 Å². The highest BCUT2D eigenvalue weighted by molar-refractivity contribution is 7.10. The number of carbonyl (C=O) groups excluding carboxylic acids is 1. The van der Waals surface area contributed by atoms with Crippen molar-refractivity contribution in [2.24, 2.45) is 0 Å².